The van der Waals surface area contributed by atoms with E-state index in [-0.39, 0.29) is 18.2 Å². The highest BCUT2D eigenvalue weighted by Gasteiger charge is 2.40. The molecule has 28 heavy (non-hydrogen) atoms. The molecule has 0 radical (unpaired) electrons. The Kier molecular flexibility index (Phi) is 5.12. The number of hydrogen-bond donors (Lipinski definition) is 0. The number of carbonyl (C=O) groups excluding carboxylic acids is 1. The van der Waals surface area contributed by atoms with Crippen molar-refractivity contribution in [3.05, 3.63) is 70.8 Å². The van der Waals surface area contributed by atoms with Crippen LogP contribution < -0.4 is 4.74 Å². The quantitative estimate of drug-likeness (QED) is 0.729. The number of methoxy groups -OCH3 is 1. The highest BCUT2D eigenvalue weighted by Crippen LogP contribution is 2.40. The molecule has 146 valence electrons. The molecule has 0 aromatic heterocycles. The number of ether oxygens (including phenoxy) is 2. The largest absolute Gasteiger partial charge is 0.496 e. The Balaban J connectivity index is 1.50. The standard InChI is InChI=1S/C24H27NO3/c1-16-11-19(12-17(2)23(16)27-3)20-13-21-9-10-22(14-20)25(21)24(26)28-15-18-7-5-4-6-8-18/h4-8,11-13,21-22H,9-10,14-15H2,1-3H3. The molecule has 4 nitrogen and oxygen atoms in total. The molecule has 1 fully saturated rings. The van der Waals surface area contributed by atoms with Crippen molar-refractivity contribution in [1.82, 2.24) is 4.90 Å². The Morgan fingerprint density at radius 1 is 1.11 bits per heavy atom. The van der Waals surface area contributed by atoms with Crippen LogP contribution in [0.1, 0.15) is 41.5 Å². The fourth-order valence-corrected chi connectivity index (χ4v) is 4.58. The Hall–Kier alpha value is -2.75. The zero-order chi connectivity index (χ0) is 19.7. The molecule has 0 saturated carbocycles. The van der Waals surface area contributed by atoms with Gasteiger partial charge in [0, 0.05) is 6.04 Å². The van der Waals surface area contributed by atoms with Gasteiger partial charge in [0.25, 0.3) is 0 Å². The lowest BCUT2D eigenvalue weighted by molar-refractivity contribution is 0.0832. The lowest BCUT2D eigenvalue weighted by Crippen LogP contribution is -2.43. The minimum absolute atomic E-state index is 0.125. The SMILES string of the molecule is COc1c(C)cc(C2=CC3CCC(C2)N3C(=O)OCc2ccccc2)cc1C. The predicted octanol–water partition coefficient (Wildman–Crippen LogP) is 5.27. The van der Waals surface area contributed by atoms with Gasteiger partial charge in [-0.15, -0.1) is 0 Å². The molecule has 2 unspecified atom stereocenters. The maximum Gasteiger partial charge on any atom is 0.410 e. The number of benzene rings is 2. The fourth-order valence-electron chi connectivity index (χ4n) is 4.58. The van der Waals surface area contributed by atoms with Gasteiger partial charge in [0.1, 0.15) is 12.4 Å². The first kappa shape index (κ1) is 18.6. The molecule has 2 heterocycles. The number of fused-ring (bicyclic) bond motifs is 2. The lowest BCUT2D eigenvalue weighted by atomic mass is 9.92. The summed E-state index contributed by atoms with van der Waals surface area (Å²) in [5.74, 6) is 0.953. The first-order valence-corrected chi connectivity index (χ1v) is 9.92. The van der Waals surface area contributed by atoms with Crippen LogP contribution in [0.2, 0.25) is 0 Å². The first-order chi connectivity index (χ1) is 13.6. The average Bonchev–Trinajstić information content (AvgIpc) is 2.96. The van der Waals surface area contributed by atoms with Gasteiger partial charge in [0.2, 0.25) is 0 Å². The van der Waals surface area contributed by atoms with E-state index < -0.39 is 0 Å². The van der Waals surface area contributed by atoms with Crippen molar-refractivity contribution in [2.45, 2.75) is 51.8 Å². The van der Waals surface area contributed by atoms with Gasteiger partial charge < -0.3 is 9.47 Å². The van der Waals surface area contributed by atoms with E-state index in [4.69, 9.17) is 9.47 Å². The molecule has 1 saturated heterocycles. The molecule has 0 N–H and O–H groups in total. The number of rotatable bonds is 4. The molecular weight excluding hydrogens is 350 g/mol. The van der Waals surface area contributed by atoms with Crippen molar-refractivity contribution in [2.75, 3.05) is 7.11 Å². The van der Waals surface area contributed by atoms with Crippen LogP contribution in [0.3, 0.4) is 0 Å². The summed E-state index contributed by atoms with van der Waals surface area (Å²) in [5.41, 5.74) is 5.88. The fraction of sp³-hybridized carbons (Fsp3) is 0.375. The number of aryl methyl sites for hydroxylation is 2. The molecule has 2 aromatic carbocycles. The van der Waals surface area contributed by atoms with Crippen molar-refractivity contribution < 1.29 is 14.3 Å². The van der Waals surface area contributed by atoms with Crippen LogP contribution in [-0.2, 0) is 11.3 Å². The minimum Gasteiger partial charge on any atom is -0.496 e. The molecule has 2 atom stereocenters. The van der Waals surface area contributed by atoms with Gasteiger partial charge in [-0.05, 0) is 73.1 Å². The molecule has 2 bridgehead atoms. The zero-order valence-electron chi connectivity index (χ0n) is 16.8. The van der Waals surface area contributed by atoms with Crippen LogP contribution in [0.25, 0.3) is 5.57 Å². The summed E-state index contributed by atoms with van der Waals surface area (Å²) >= 11 is 0. The van der Waals surface area contributed by atoms with E-state index in [1.165, 1.54) is 11.1 Å². The molecule has 0 spiro atoms. The van der Waals surface area contributed by atoms with Gasteiger partial charge >= 0.3 is 6.09 Å². The summed E-state index contributed by atoms with van der Waals surface area (Å²) < 4.78 is 11.1. The van der Waals surface area contributed by atoms with E-state index in [9.17, 15) is 4.79 Å². The summed E-state index contributed by atoms with van der Waals surface area (Å²) in [6.07, 6.45) is 4.96. The average molecular weight is 377 g/mol. The summed E-state index contributed by atoms with van der Waals surface area (Å²) in [4.78, 5) is 14.7. The van der Waals surface area contributed by atoms with Gasteiger partial charge in [-0.1, -0.05) is 36.4 Å². The van der Waals surface area contributed by atoms with E-state index in [1.807, 2.05) is 35.2 Å². The van der Waals surface area contributed by atoms with E-state index in [0.29, 0.717) is 6.61 Å². The zero-order valence-corrected chi connectivity index (χ0v) is 16.8. The van der Waals surface area contributed by atoms with Crippen molar-refractivity contribution in [1.29, 1.82) is 0 Å². The first-order valence-electron chi connectivity index (χ1n) is 9.92. The molecular formula is C24H27NO3. The number of nitrogens with zero attached hydrogens (tertiary/aromatic N) is 1. The van der Waals surface area contributed by atoms with Crippen LogP contribution in [0.5, 0.6) is 5.75 Å². The molecule has 2 aromatic rings. The van der Waals surface area contributed by atoms with Crippen molar-refractivity contribution in [3.8, 4) is 5.75 Å². The monoisotopic (exact) mass is 377 g/mol. The van der Waals surface area contributed by atoms with Crippen molar-refractivity contribution >= 4 is 11.7 Å². The van der Waals surface area contributed by atoms with Gasteiger partial charge in [0.15, 0.2) is 0 Å². The molecule has 4 rings (SSSR count). The van der Waals surface area contributed by atoms with Gasteiger partial charge in [-0.2, -0.15) is 0 Å². The minimum atomic E-state index is -0.200. The van der Waals surface area contributed by atoms with Crippen LogP contribution in [0, 0.1) is 13.8 Å². The van der Waals surface area contributed by atoms with Gasteiger partial charge in [0.05, 0.1) is 13.2 Å². The van der Waals surface area contributed by atoms with Gasteiger partial charge in [-0.3, -0.25) is 4.90 Å². The smallest absolute Gasteiger partial charge is 0.410 e. The van der Waals surface area contributed by atoms with Crippen LogP contribution in [0.15, 0.2) is 48.5 Å². The second-order valence-electron chi connectivity index (χ2n) is 7.79. The predicted molar refractivity (Wildman–Crippen MR) is 110 cm³/mol. The van der Waals surface area contributed by atoms with E-state index in [1.54, 1.807) is 7.11 Å². The number of amides is 1. The third kappa shape index (κ3) is 3.51. The Bertz CT molecular complexity index is 880. The molecule has 2 aliphatic heterocycles. The third-order valence-corrected chi connectivity index (χ3v) is 5.85. The summed E-state index contributed by atoms with van der Waals surface area (Å²) in [7, 11) is 1.72. The van der Waals surface area contributed by atoms with Crippen LogP contribution >= 0.6 is 0 Å². The maximum absolute atomic E-state index is 12.7. The molecule has 1 amide bonds. The van der Waals surface area contributed by atoms with Crippen LogP contribution in [-0.4, -0.2) is 30.2 Å². The molecule has 0 aliphatic carbocycles. The Labute approximate surface area is 166 Å². The third-order valence-electron chi connectivity index (χ3n) is 5.85. The lowest BCUT2D eigenvalue weighted by Gasteiger charge is -2.33. The topological polar surface area (TPSA) is 38.8 Å². The number of carbonyl (C=O) groups is 1. The van der Waals surface area contributed by atoms with E-state index in [0.717, 1.165) is 41.7 Å². The highest BCUT2D eigenvalue weighted by molar-refractivity contribution is 5.75. The normalized spacial score (nSPS) is 20.7. The molecule has 4 heteroatoms. The van der Waals surface area contributed by atoms with Crippen molar-refractivity contribution in [2.24, 2.45) is 0 Å². The Morgan fingerprint density at radius 3 is 2.46 bits per heavy atom. The van der Waals surface area contributed by atoms with Gasteiger partial charge in [-0.25, -0.2) is 4.79 Å². The highest BCUT2D eigenvalue weighted by atomic mass is 16.6. The summed E-state index contributed by atoms with van der Waals surface area (Å²) in [6, 6.07) is 14.6. The second kappa shape index (κ2) is 7.70. The second-order valence-corrected chi connectivity index (χ2v) is 7.79. The van der Waals surface area contributed by atoms with E-state index in [2.05, 4.69) is 32.1 Å². The maximum atomic E-state index is 12.7. The van der Waals surface area contributed by atoms with E-state index >= 15 is 0 Å². The number of hydrogen-bond acceptors (Lipinski definition) is 3. The van der Waals surface area contributed by atoms with Crippen LogP contribution in [0.4, 0.5) is 4.79 Å². The molecule has 2 aliphatic rings. The summed E-state index contributed by atoms with van der Waals surface area (Å²) in [5, 5.41) is 0. The Morgan fingerprint density at radius 2 is 1.82 bits per heavy atom. The summed E-state index contributed by atoms with van der Waals surface area (Å²) in [6.45, 7) is 4.49. The van der Waals surface area contributed by atoms with Crippen molar-refractivity contribution in [3.63, 3.8) is 0 Å².